The van der Waals surface area contributed by atoms with Gasteiger partial charge in [-0.2, -0.15) is 0 Å². The van der Waals surface area contributed by atoms with Gasteiger partial charge in [-0.3, -0.25) is 4.90 Å². The van der Waals surface area contributed by atoms with Crippen LogP contribution in [0.4, 0.5) is 0 Å². The van der Waals surface area contributed by atoms with E-state index in [0.29, 0.717) is 5.92 Å². The van der Waals surface area contributed by atoms with E-state index in [1.165, 1.54) is 12.8 Å². The number of rotatable bonds is 4. The molecule has 0 N–H and O–H groups in total. The summed E-state index contributed by atoms with van der Waals surface area (Å²) in [7, 11) is 1.70. The van der Waals surface area contributed by atoms with E-state index in [2.05, 4.69) is 4.90 Å². The number of likely N-dealkylation sites (tertiary alicyclic amines) is 1. The zero-order chi connectivity index (χ0) is 13.0. The second kappa shape index (κ2) is 6.65. The molecule has 0 spiro atoms. The molecule has 0 radical (unpaired) electrons. The second-order valence-electron chi connectivity index (χ2n) is 4.85. The van der Waals surface area contributed by atoms with Gasteiger partial charge in [-0.05, 0) is 43.5 Å². The monoisotopic (exact) mass is 287 g/mol. The maximum atomic E-state index is 6.05. The predicted molar refractivity (Wildman–Crippen MR) is 76.7 cm³/mol. The van der Waals surface area contributed by atoms with Crippen LogP contribution in [0, 0.1) is 5.92 Å². The molecule has 100 valence electrons. The Kier molecular flexibility index (Phi) is 5.16. The zero-order valence-electron chi connectivity index (χ0n) is 10.7. The highest BCUT2D eigenvalue weighted by atomic mass is 35.5. The Bertz CT molecular complexity index is 397. The van der Waals surface area contributed by atoms with Gasteiger partial charge in [0, 0.05) is 29.6 Å². The number of benzene rings is 1. The summed E-state index contributed by atoms with van der Waals surface area (Å²) in [6.07, 6.45) is 2.47. The van der Waals surface area contributed by atoms with Gasteiger partial charge in [0.25, 0.3) is 0 Å². The van der Waals surface area contributed by atoms with Gasteiger partial charge >= 0.3 is 0 Å². The molecule has 2 nitrogen and oxygen atoms in total. The molecule has 1 saturated heterocycles. The molecule has 1 unspecified atom stereocenters. The van der Waals surface area contributed by atoms with Crippen LogP contribution >= 0.6 is 23.2 Å². The van der Waals surface area contributed by atoms with Crippen molar-refractivity contribution in [3.05, 3.63) is 28.8 Å². The van der Waals surface area contributed by atoms with E-state index in [-0.39, 0.29) is 0 Å². The first kappa shape index (κ1) is 14.0. The summed E-state index contributed by atoms with van der Waals surface area (Å²) in [4.78, 5) is 2.44. The molecule has 1 heterocycles. The van der Waals surface area contributed by atoms with Crippen molar-refractivity contribution in [3.63, 3.8) is 0 Å². The van der Waals surface area contributed by atoms with Crippen LogP contribution in [0.25, 0.3) is 0 Å². The SMILES string of the molecule is COc1ccc(Cl)cc1CN1CCCC(CCl)C1. The van der Waals surface area contributed by atoms with Crippen molar-refractivity contribution >= 4 is 23.2 Å². The van der Waals surface area contributed by atoms with Crippen molar-refractivity contribution in [1.29, 1.82) is 0 Å². The number of hydrogen-bond acceptors (Lipinski definition) is 2. The summed E-state index contributed by atoms with van der Waals surface area (Å²) in [5.41, 5.74) is 1.15. The van der Waals surface area contributed by atoms with Gasteiger partial charge in [-0.1, -0.05) is 11.6 Å². The van der Waals surface area contributed by atoms with Crippen LogP contribution < -0.4 is 4.74 Å². The second-order valence-corrected chi connectivity index (χ2v) is 5.60. The van der Waals surface area contributed by atoms with Crippen molar-refractivity contribution < 1.29 is 4.74 Å². The van der Waals surface area contributed by atoms with Crippen LogP contribution in [-0.4, -0.2) is 31.0 Å². The van der Waals surface area contributed by atoms with Crippen molar-refractivity contribution in [1.82, 2.24) is 4.90 Å². The fourth-order valence-corrected chi connectivity index (χ4v) is 2.98. The third kappa shape index (κ3) is 3.53. The highest BCUT2D eigenvalue weighted by Gasteiger charge is 2.20. The summed E-state index contributed by atoms with van der Waals surface area (Å²) in [6.45, 7) is 3.08. The summed E-state index contributed by atoms with van der Waals surface area (Å²) in [5, 5.41) is 0.761. The lowest BCUT2D eigenvalue weighted by Gasteiger charge is -2.32. The Morgan fingerprint density at radius 3 is 3.00 bits per heavy atom. The molecule has 1 aromatic carbocycles. The number of halogens is 2. The van der Waals surface area contributed by atoms with E-state index in [9.17, 15) is 0 Å². The Morgan fingerprint density at radius 1 is 1.44 bits per heavy atom. The lowest BCUT2D eigenvalue weighted by molar-refractivity contribution is 0.176. The summed E-state index contributed by atoms with van der Waals surface area (Å²) in [6, 6.07) is 5.78. The fourth-order valence-electron chi connectivity index (χ4n) is 2.53. The van der Waals surface area contributed by atoms with E-state index in [1.54, 1.807) is 7.11 Å². The largest absolute Gasteiger partial charge is 0.496 e. The minimum Gasteiger partial charge on any atom is -0.496 e. The van der Waals surface area contributed by atoms with Crippen LogP contribution in [0.2, 0.25) is 5.02 Å². The number of alkyl halides is 1. The first-order chi connectivity index (χ1) is 8.72. The Hall–Kier alpha value is -0.440. The van der Waals surface area contributed by atoms with Crippen molar-refractivity contribution in [2.24, 2.45) is 5.92 Å². The molecule has 2 rings (SSSR count). The normalized spacial score (nSPS) is 20.9. The molecule has 1 fully saturated rings. The fraction of sp³-hybridized carbons (Fsp3) is 0.571. The zero-order valence-corrected chi connectivity index (χ0v) is 12.2. The quantitative estimate of drug-likeness (QED) is 0.781. The number of hydrogen-bond donors (Lipinski definition) is 0. The van der Waals surface area contributed by atoms with Crippen LogP contribution in [-0.2, 0) is 6.54 Å². The standard InChI is InChI=1S/C14H19Cl2NO/c1-18-14-5-4-13(16)7-12(14)10-17-6-2-3-11(8-15)9-17/h4-5,7,11H,2-3,6,8-10H2,1H3. The minimum atomic E-state index is 0.616. The summed E-state index contributed by atoms with van der Waals surface area (Å²) in [5.74, 6) is 2.28. The van der Waals surface area contributed by atoms with E-state index < -0.39 is 0 Å². The van der Waals surface area contributed by atoms with Crippen molar-refractivity contribution in [2.75, 3.05) is 26.1 Å². The van der Waals surface area contributed by atoms with Gasteiger partial charge in [0.1, 0.15) is 5.75 Å². The van der Waals surface area contributed by atoms with Crippen LogP contribution in [0.3, 0.4) is 0 Å². The average molecular weight is 288 g/mol. The minimum absolute atomic E-state index is 0.616. The van der Waals surface area contributed by atoms with Crippen LogP contribution in [0.5, 0.6) is 5.75 Å². The number of piperidine rings is 1. The lowest BCUT2D eigenvalue weighted by atomic mass is 9.99. The average Bonchev–Trinajstić information content (AvgIpc) is 2.39. The summed E-state index contributed by atoms with van der Waals surface area (Å²) >= 11 is 12.0. The number of methoxy groups -OCH3 is 1. The molecule has 0 bridgehead atoms. The highest BCUT2D eigenvalue weighted by molar-refractivity contribution is 6.30. The third-order valence-electron chi connectivity index (χ3n) is 3.46. The van der Waals surface area contributed by atoms with Crippen LogP contribution in [0.1, 0.15) is 18.4 Å². The molecule has 1 aliphatic heterocycles. The molecule has 0 aliphatic carbocycles. The first-order valence-corrected chi connectivity index (χ1v) is 7.25. The molecule has 0 saturated carbocycles. The molecule has 0 aromatic heterocycles. The molecule has 1 aromatic rings. The highest BCUT2D eigenvalue weighted by Crippen LogP contribution is 2.26. The Balaban J connectivity index is 2.06. The predicted octanol–water partition coefficient (Wildman–Crippen LogP) is 3.80. The van der Waals surface area contributed by atoms with E-state index >= 15 is 0 Å². The van der Waals surface area contributed by atoms with Gasteiger partial charge in [0.05, 0.1) is 7.11 Å². The Morgan fingerprint density at radius 2 is 2.28 bits per heavy atom. The molecule has 4 heteroatoms. The Labute approximate surface area is 119 Å². The van der Waals surface area contributed by atoms with Gasteiger partial charge < -0.3 is 4.74 Å². The summed E-state index contributed by atoms with van der Waals surface area (Å²) < 4.78 is 5.38. The third-order valence-corrected chi connectivity index (χ3v) is 4.13. The van der Waals surface area contributed by atoms with Gasteiger partial charge in [0.15, 0.2) is 0 Å². The number of ether oxygens (including phenoxy) is 1. The molecule has 0 amide bonds. The van der Waals surface area contributed by atoms with E-state index in [0.717, 1.165) is 41.8 Å². The lowest BCUT2D eigenvalue weighted by Crippen LogP contribution is -2.35. The maximum Gasteiger partial charge on any atom is 0.123 e. The smallest absolute Gasteiger partial charge is 0.123 e. The topological polar surface area (TPSA) is 12.5 Å². The van der Waals surface area contributed by atoms with Crippen molar-refractivity contribution in [3.8, 4) is 5.75 Å². The first-order valence-electron chi connectivity index (χ1n) is 6.33. The molecular weight excluding hydrogens is 269 g/mol. The molecular formula is C14H19Cl2NO. The van der Waals surface area contributed by atoms with Crippen LogP contribution in [0.15, 0.2) is 18.2 Å². The number of nitrogens with zero attached hydrogens (tertiary/aromatic N) is 1. The van der Waals surface area contributed by atoms with E-state index in [4.69, 9.17) is 27.9 Å². The maximum absolute atomic E-state index is 6.05. The molecule has 18 heavy (non-hydrogen) atoms. The van der Waals surface area contributed by atoms with Crippen molar-refractivity contribution in [2.45, 2.75) is 19.4 Å². The van der Waals surface area contributed by atoms with Gasteiger partial charge in [0.2, 0.25) is 0 Å². The van der Waals surface area contributed by atoms with Gasteiger partial charge in [-0.15, -0.1) is 11.6 Å². The van der Waals surface area contributed by atoms with Gasteiger partial charge in [-0.25, -0.2) is 0 Å². The van der Waals surface area contributed by atoms with E-state index in [1.807, 2.05) is 18.2 Å². The molecule has 1 atom stereocenters. The molecule has 1 aliphatic rings.